The minimum absolute atomic E-state index is 0.118. The minimum atomic E-state index is -0.777. The molecule has 0 bridgehead atoms. The van der Waals surface area contributed by atoms with Gasteiger partial charge >= 0.3 is 0 Å². The standard InChI is InChI=1S/C15H15NO5/c1-2-4-10(9-18)16-14(19)11-5-3-6-12(21-8-7-17)13(11)15(16)20/h3,5-7,9-10H,2,4,8H2,1H3. The summed E-state index contributed by atoms with van der Waals surface area (Å²) in [4.78, 5) is 47.3. The van der Waals surface area contributed by atoms with Gasteiger partial charge in [-0.3, -0.25) is 19.3 Å². The third-order valence-electron chi connectivity index (χ3n) is 3.29. The average molecular weight is 289 g/mol. The van der Waals surface area contributed by atoms with Gasteiger partial charge in [-0.15, -0.1) is 0 Å². The number of hydrogen-bond donors (Lipinski definition) is 0. The van der Waals surface area contributed by atoms with Crippen LogP contribution in [0.15, 0.2) is 18.2 Å². The molecule has 1 aliphatic rings. The Labute approximate surface area is 121 Å². The molecule has 1 unspecified atom stereocenters. The Morgan fingerprint density at radius 1 is 1.24 bits per heavy atom. The summed E-state index contributed by atoms with van der Waals surface area (Å²) < 4.78 is 5.18. The fourth-order valence-corrected chi connectivity index (χ4v) is 2.37. The fraction of sp³-hybridized carbons (Fsp3) is 0.333. The molecular weight excluding hydrogens is 274 g/mol. The first-order chi connectivity index (χ1) is 10.2. The second kappa shape index (κ2) is 6.30. The van der Waals surface area contributed by atoms with E-state index in [4.69, 9.17) is 4.74 Å². The van der Waals surface area contributed by atoms with Crippen molar-refractivity contribution in [3.8, 4) is 5.75 Å². The lowest BCUT2D eigenvalue weighted by molar-refractivity contribution is -0.111. The van der Waals surface area contributed by atoms with Crippen molar-refractivity contribution in [2.24, 2.45) is 0 Å². The molecule has 0 N–H and O–H groups in total. The zero-order valence-electron chi connectivity index (χ0n) is 11.6. The van der Waals surface area contributed by atoms with Crippen molar-refractivity contribution in [1.29, 1.82) is 0 Å². The normalized spacial score (nSPS) is 14.8. The number of ether oxygens (including phenoxy) is 1. The molecule has 1 heterocycles. The maximum atomic E-state index is 12.4. The van der Waals surface area contributed by atoms with Crippen LogP contribution in [0.5, 0.6) is 5.75 Å². The highest BCUT2D eigenvalue weighted by atomic mass is 16.5. The van der Waals surface area contributed by atoms with E-state index in [1.165, 1.54) is 12.1 Å². The Morgan fingerprint density at radius 2 is 2.00 bits per heavy atom. The second-order valence-electron chi connectivity index (χ2n) is 4.63. The molecule has 0 saturated carbocycles. The van der Waals surface area contributed by atoms with E-state index in [0.717, 1.165) is 4.90 Å². The summed E-state index contributed by atoms with van der Waals surface area (Å²) in [6, 6.07) is 3.83. The van der Waals surface area contributed by atoms with Crippen LogP contribution in [0.1, 0.15) is 40.5 Å². The van der Waals surface area contributed by atoms with Crippen LogP contribution >= 0.6 is 0 Å². The molecule has 0 fully saturated rings. The van der Waals surface area contributed by atoms with Gasteiger partial charge in [-0.05, 0) is 18.6 Å². The molecule has 0 aliphatic carbocycles. The van der Waals surface area contributed by atoms with Crippen molar-refractivity contribution in [3.05, 3.63) is 29.3 Å². The smallest absolute Gasteiger partial charge is 0.265 e. The molecule has 1 atom stereocenters. The lowest BCUT2D eigenvalue weighted by Gasteiger charge is -2.20. The lowest BCUT2D eigenvalue weighted by Crippen LogP contribution is -2.40. The zero-order valence-corrected chi connectivity index (χ0v) is 11.6. The van der Waals surface area contributed by atoms with Crippen LogP contribution in [-0.4, -0.2) is 41.9 Å². The molecule has 1 aliphatic heterocycles. The number of hydrogen-bond acceptors (Lipinski definition) is 5. The number of imide groups is 1. The van der Waals surface area contributed by atoms with E-state index in [1.807, 2.05) is 6.92 Å². The number of rotatable bonds is 7. The highest BCUT2D eigenvalue weighted by Gasteiger charge is 2.41. The average Bonchev–Trinajstić information content (AvgIpc) is 2.75. The van der Waals surface area contributed by atoms with Crippen molar-refractivity contribution in [2.45, 2.75) is 25.8 Å². The molecule has 2 rings (SSSR count). The number of aldehydes is 2. The van der Waals surface area contributed by atoms with Crippen molar-refractivity contribution in [3.63, 3.8) is 0 Å². The van der Waals surface area contributed by atoms with Gasteiger partial charge < -0.3 is 9.53 Å². The van der Waals surface area contributed by atoms with E-state index >= 15 is 0 Å². The van der Waals surface area contributed by atoms with Crippen molar-refractivity contribution >= 4 is 24.4 Å². The number of amides is 2. The van der Waals surface area contributed by atoms with Gasteiger partial charge in [-0.1, -0.05) is 19.4 Å². The maximum absolute atomic E-state index is 12.4. The molecule has 6 nitrogen and oxygen atoms in total. The molecule has 110 valence electrons. The highest BCUT2D eigenvalue weighted by Crippen LogP contribution is 2.32. The van der Waals surface area contributed by atoms with Crippen molar-refractivity contribution < 1.29 is 23.9 Å². The van der Waals surface area contributed by atoms with Crippen LogP contribution in [0.2, 0.25) is 0 Å². The number of carbonyl (C=O) groups is 4. The third kappa shape index (κ3) is 2.56. The van der Waals surface area contributed by atoms with Crippen LogP contribution < -0.4 is 4.74 Å². The molecule has 6 heteroatoms. The van der Waals surface area contributed by atoms with Crippen molar-refractivity contribution in [1.82, 2.24) is 4.90 Å². The van der Waals surface area contributed by atoms with Gasteiger partial charge in [0, 0.05) is 0 Å². The lowest BCUT2D eigenvalue weighted by atomic mass is 10.1. The van der Waals surface area contributed by atoms with Gasteiger partial charge in [-0.25, -0.2) is 0 Å². The minimum Gasteiger partial charge on any atom is -0.485 e. The van der Waals surface area contributed by atoms with Crippen LogP contribution in [0.4, 0.5) is 0 Å². The highest BCUT2D eigenvalue weighted by molar-refractivity contribution is 6.23. The number of nitrogens with zero attached hydrogens (tertiary/aromatic N) is 1. The first-order valence-corrected chi connectivity index (χ1v) is 6.68. The molecule has 1 aromatic rings. The third-order valence-corrected chi connectivity index (χ3v) is 3.29. The first kappa shape index (κ1) is 14.9. The van der Waals surface area contributed by atoms with Gasteiger partial charge in [0.25, 0.3) is 11.8 Å². The van der Waals surface area contributed by atoms with Crippen LogP contribution in [0.3, 0.4) is 0 Å². The van der Waals surface area contributed by atoms with E-state index < -0.39 is 17.9 Å². The summed E-state index contributed by atoms with van der Waals surface area (Å²) in [6.07, 6.45) is 2.26. The van der Waals surface area contributed by atoms with E-state index in [0.29, 0.717) is 25.4 Å². The SMILES string of the molecule is CCCC(C=O)N1C(=O)c2cccc(OCC=O)c2C1=O. The largest absolute Gasteiger partial charge is 0.485 e. The summed E-state index contributed by atoms with van der Waals surface area (Å²) >= 11 is 0. The van der Waals surface area contributed by atoms with Gasteiger partial charge in [0.15, 0.2) is 6.29 Å². The number of benzene rings is 1. The molecule has 21 heavy (non-hydrogen) atoms. The van der Waals surface area contributed by atoms with E-state index in [-0.39, 0.29) is 23.5 Å². The second-order valence-corrected chi connectivity index (χ2v) is 4.63. The van der Waals surface area contributed by atoms with Gasteiger partial charge in [0.2, 0.25) is 0 Å². The first-order valence-electron chi connectivity index (χ1n) is 6.68. The molecule has 0 radical (unpaired) electrons. The van der Waals surface area contributed by atoms with Crippen molar-refractivity contribution in [2.75, 3.05) is 6.61 Å². The quantitative estimate of drug-likeness (QED) is 0.557. The summed E-state index contributed by atoms with van der Waals surface area (Å²) in [5.74, 6) is -0.874. The summed E-state index contributed by atoms with van der Waals surface area (Å²) in [7, 11) is 0. The zero-order chi connectivity index (χ0) is 15.4. The maximum Gasteiger partial charge on any atom is 0.265 e. The molecule has 0 aromatic heterocycles. The Kier molecular flexibility index (Phi) is 4.47. The Bertz CT molecular complexity index is 596. The predicted molar refractivity (Wildman–Crippen MR) is 73.3 cm³/mol. The molecular formula is C15H15NO5. The van der Waals surface area contributed by atoms with E-state index in [2.05, 4.69) is 0 Å². The van der Waals surface area contributed by atoms with Gasteiger partial charge in [-0.2, -0.15) is 0 Å². The summed E-state index contributed by atoms with van der Waals surface area (Å²) in [5.41, 5.74) is 0.318. The van der Waals surface area contributed by atoms with Crippen LogP contribution in [0, 0.1) is 0 Å². The molecule has 0 spiro atoms. The van der Waals surface area contributed by atoms with E-state index in [9.17, 15) is 19.2 Å². The molecule has 1 aromatic carbocycles. The van der Waals surface area contributed by atoms with Crippen LogP contribution in [-0.2, 0) is 9.59 Å². The van der Waals surface area contributed by atoms with E-state index in [1.54, 1.807) is 6.07 Å². The van der Waals surface area contributed by atoms with Gasteiger partial charge in [0.05, 0.1) is 17.2 Å². The Hall–Kier alpha value is -2.50. The summed E-state index contributed by atoms with van der Waals surface area (Å²) in [6.45, 7) is 1.66. The molecule has 0 saturated heterocycles. The fourth-order valence-electron chi connectivity index (χ4n) is 2.37. The summed E-state index contributed by atoms with van der Waals surface area (Å²) in [5, 5.41) is 0. The number of fused-ring (bicyclic) bond motifs is 1. The van der Waals surface area contributed by atoms with Gasteiger partial charge in [0.1, 0.15) is 18.6 Å². The predicted octanol–water partition coefficient (Wildman–Crippen LogP) is 1.23. The Balaban J connectivity index is 2.41. The monoisotopic (exact) mass is 289 g/mol. The Morgan fingerprint density at radius 3 is 2.62 bits per heavy atom. The molecule has 2 amide bonds. The topological polar surface area (TPSA) is 80.8 Å². The van der Waals surface area contributed by atoms with Crippen LogP contribution in [0.25, 0.3) is 0 Å². The number of carbonyl (C=O) groups excluding carboxylic acids is 4.